The molecule has 0 spiro atoms. The largest absolute Gasteiger partial charge is 0.491 e. The number of guanidine groups is 1. The van der Waals surface area contributed by atoms with E-state index in [-0.39, 0.29) is 42.5 Å². The van der Waals surface area contributed by atoms with Crippen molar-refractivity contribution >= 4 is 35.8 Å². The summed E-state index contributed by atoms with van der Waals surface area (Å²) >= 11 is 0. The number of aliphatic hydroxyl groups is 1. The molecule has 0 aromatic heterocycles. The second-order valence-electron chi connectivity index (χ2n) is 6.44. The molecule has 0 aliphatic rings. The van der Waals surface area contributed by atoms with E-state index in [0.717, 1.165) is 11.3 Å². The van der Waals surface area contributed by atoms with E-state index >= 15 is 0 Å². The van der Waals surface area contributed by atoms with E-state index in [2.05, 4.69) is 15.6 Å². The molecule has 0 radical (unpaired) electrons. The minimum atomic E-state index is -0.732. The molecule has 154 valence electrons. The van der Waals surface area contributed by atoms with Gasteiger partial charge in [-0.2, -0.15) is 0 Å². The summed E-state index contributed by atoms with van der Waals surface area (Å²) in [7, 11) is 3.46. The molecule has 1 atom stereocenters. The minimum Gasteiger partial charge on any atom is -0.491 e. The number of nitrogens with one attached hydrogen (secondary N) is 2. The quantitative estimate of drug-likeness (QED) is 0.280. The average molecular weight is 492 g/mol. The van der Waals surface area contributed by atoms with Crippen molar-refractivity contribution in [2.75, 3.05) is 33.7 Å². The highest BCUT2D eigenvalue weighted by molar-refractivity contribution is 14.0. The molecule has 1 aromatic rings. The second-order valence-corrected chi connectivity index (χ2v) is 6.44. The van der Waals surface area contributed by atoms with Crippen LogP contribution in [-0.2, 0) is 4.79 Å². The topological polar surface area (TPSA) is 86.2 Å². The van der Waals surface area contributed by atoms with Crippen LogP contribution in [0.15, 0.2) is 29.3 Å². The third-order valence-electron chi connectivity index (χ3n) is 3.51. The van der Waals surface area contributed by atoms with Crippen LogP contribution < -0.4 is 15.4 Å². The Hall–Kier alpha value is -1.55. The van der Waals surface area contributed by atoms with Crippen LogP contribution in [0.3, 0.4) is 0 Å². The van der Waals surface area contributed by atoms with Crippen molar-refractivity contribution in [3.63, 3.8) is 0 Å². The van der Waals surface area contributed by atoms with E-state index in [9.17, 15) is 9.90 Å². The van der Waals surface area contributed by atoms with E-state index < -0.39 is 6.10 Å². The van der Waals surface area contributed by atoms with E-state index in [1.54, 1.807) is 19.0 Å². The molecule has 8 heteroatoms. The lowest BCUT2D eigenvalue weighted by atomic mass is 10.1. The number of halogens is 1. The molecule has 7 nitrogen and oxygen atoms in total. The first-order valence-corrected chi connectivity index (χ1v) is 9.00. The van der Waals surface area contributed by atoms with Crippen molar-refractivity contribution in [2.45, 2.75) is 39.4 Å². The van der Waals surface area contributed by atoms with Gasteiger partial charge in [0.25, 0.3) is 0 Å². The van der Waals surface area contributed by atoms with Gasteiger partial charge in [0.05, 0.1) is 18.8 Å². The van der Waals surface area contributed by atoms with Gasteiger partial charge in [0.1, 0.15) is 5.75 Å². The second kappa shape index (κ2) is 13.6. The lowest BCUT2D eigenvalue weighted by Crippen LogP contribution is -2.39. The van der Waals surface area contributed by atoms with Gasteiger partial charge < -0.3 is 25.4 Å². The maximum absolute atomic E-state index is 11.6. The van der Waals surface area contributed by atoms with Gasteiger partial charge in [-0.3, -0.25) is 9.79 Å². The number of amides is 1. The Morgan fingerprint density at radius 2 is 2.00 bits per heavy atom. The molecule has 1 amide bonds. The molecule has 1 aromatic carbocycles. The first-order valence-electron chi connectivity index (χ1n) is 9.00. The number of rotatable bonds is 9. The van der Waals surface area contributed by atoms with Gasteiger partial charge in [0.2, 0.25) is 5.91 Å². The number of nitrogens with zero attached hydrogens (tertiary/aromatic N) is 2. The van der Waals surface area contributed by atoms with Gasteiger partial charge in [-0.05, 0) is 38.5 Å². The summed E-state index contributed by atoms with van der Waals surface area (Å²) in [5, 5.41) is 16.6. The van der Waals surface area contributed by atoms with Crippen LogP contribution in [0.5, 0.6) is 5.75 Å². The highest BCUT2D eigenvalue weighted by Gasteiger charge is 2.10. The van der Waals surface area contributed by atoms with E-state index in [1.807, 2.05) is 45.0 Å². The third-order valence-corrected chi connectivity index (χ3v) is 3.51. The molecule has 0 aliphatic heterocycles. The third kappa shape index (κ3) is 10.4. The van der Waals surface area contributed by atoms with Crippen molar-refractivity contribution in [3.05, 3.63) is 29.8 Å². The van der Waals surface area contributed by atoms with Crippen molar-refractivity contribution in [2.24, 2.45) is 4.99 Å². The zero-order valence-corrected chi connectivity index (χ0v) is 19.2. The number of aliphatic imine (C=N–C) groups is 1. The van der Waals surface area contributed by atoms with Crippen LogP contribution >= 0.6 is 24.0 Å². The molecular weight excluding hydrogens is 459 g/mol. The lowest BCUT2D eigenvalue weighted by molar-refractivity contribution is -0.128. The van der Waals surface area contributed by atoms with Crippen LogP contribution in [0.4, 0.5) is 0 Å². The van der Waals surface area contributed by atoms with Gasteiger partial charge in [-0.15, -0.1) is 24.0 Å². The van der Waals surface area contributed by atoms with Crippen LogP contribution in [-0.4, -0.2) is 61.7 Å². The Kier molecular flexibility index (Phi) is 12.8. The van der Waals surface area contributed by atoms with Gasteiger partial charge in [-0.25, -0.2) is 0 Å². The number of carbonyl (C=O) groups excluding carboxylic acids is 1. The molecule has 0 aliphatic carbocycles. The molecule has 3 N–H and O–H groups in total. The predicted molar refractivity (Wildman–Crippen MR) is 120 cm³/mol. The van der Waals surface area contributed by atoms with E-state index in [0.29, 0.717) is 25.5 Å². The maximum atomic E-state index is 11.6. The number of hydrogen-bond donors (Lipinski definition) is 3. The Balaban J connectivity index is 0.00000676. The fourth-order valence-electron chi connectivity index (χ4n) is 2.20. The Labute approximate surface area is 179 Å². The zero-order chi connectivity index (χ0) is 19.5. The van der Waals surface area contributed by atoms with Crippen molar-refractivity contribution in [1.82, 2.24) is 15.5 Å². The first kappa shape index (κ1) is 25.4. The SMILES string of the molecule is CCNC(=NCC(O)c1cccc(OC(C)C)c1)NCCC(=O)N(C)C.I. The summed E-state index contributed by atoms with van der Waals surface area (Å²) < 4.78 is 5.66. The molecule has 0 heterocycles. The average Bonchev–Trinajstić information content (AvgIpc) is 2.58. The molecular formula is C19H33IN4O3. The first-order chi connectivity index (χ1) is 12.3. The predicted octanol–water partition coefficient (Wildman–Crippen LogP) is 2.16. The molecule has 0 bridgehead atoms. The lowest BCUT2D eigenvalue weighted by Gasteiger charge is -2.15. The highest BCUT2D eigenvalue weighted by Crippen LogP contribution is 2.20. The number of benzene rings is 1. The van der Waals surface area contributed by atoms with Gasteiger partial charge in [-0.1, -0.05) is 12.1 Å². The van der Waals surface area contributed by atoms with Crippen molar-refractivity contribution < 1.29 is 14.6 Å². The van der Waals surface area contributed by atoms with Gasteiger partial charge >= 0.3 is 0 Å². The number of carbonyl (C=O) groups is 1. The maximum Gasteiger partial charge on any atom is 0.223 e. The number of hydrogen-bond acceptors (Lipinski definition) is 4. The van der Waals surface area contributed by atoms with E-state index in [1.165, 1.54) is 0 Å². The fraction of sp³-hybridized carbons (Fsp3) is 0.579. The smallest absolute Gasteiger partial charge is 0.223 e. The fourth-order valence-corrected chi connectivity index (χ4v) is 2.20. The van der Waals surface area contributed by atoms with E-state index in [4.69, 9.17) is 4.74 Å². The summed E-state index contributed by atoms with van der Waals surface area (Å²) in [4.78, 5) is 17.6. The summed E-state index contributed by atoms with van der Waals surface area (Å²) in [6.45, 7) is 7.27. The Bertz CT molecular complexity index is 594. The monoisotopic (exact) mass is 492 g/mol. The number of ether oxygens (including phenoxy) is 1. The van der Waals surface area contributed by atoms with Gasteiger partial charge in [0, 0.05) is 33.6 Å². The molecule has 1 rings (SSSR count). The normalized spacial score (nSPS) is 12.2. The van der Waals surface area contributed by atoms with Crippen LogP contribution in [0.2, 0.25) is 0 Å². The summed E-state index contributed by atoms with van der Waals surface area (Å²) in [5.41, 5.74) is 0.755. The van der Waals surface area contributed by atoms with Crippen LogP contribution in [0.1, 0.15) is 38.9 Å². The zero-order valence-electron chi connectivity index (χ0n) is 16.9. The standard InChI is InChI=1S/C19H32N4O3.HI/c1-6-20-19(21-11-10-18(25)23(4)5)22-13-17(24)15-8-7-9-16(12-15)26-14(2)3;/h7-9,12,14,17,24H,6,10-11,13H2,1-5H3,(H2,20,21,22);1H. The summed E-state index contributed by atoms with van der Waals surface area (Å²) in [5.74, 6) is 1.36. The summed E-state index contributed by atoms with van der Waals surface area (Å²) in [6, 6.07) is 7.41. The van der Waals surface area contributed by atoms with Crippen LogP contribution in [0.25, 0.3) is 0 Å². The Morgan fingerprint density at radius 1 is 1.30 bits per heavy atom. The number of aliphatic hydroxyl groups excluding tert-OH is 1. The highest BCUT2D eigenvalue weighted by atomic mass is 127. The van der Waals surface area contributed by atoms with Crippen molar-refractivity contribution in [1.29, 1.82) is 0 Å². The molecule has 0 saturated heterocycles. The van der Waals surface area contributed by atoms with Crippen molar-refractivity contribution in [3.8, 4) is 5.75 Å². The molecule has 1 unspecified atom stereocenters. The van der Waals surface area contributed by atoms with Crippen LogP contribution in [0, 0.1) is 0 Å². The Morgan fingerprint density at radius 3 is 2.59 bits per heavy atom. The van der Waals surface area contributed by atoms with Gasteiger partial charge in [0.15, 0.2) is 5.96 Å². The molecule has 27 heavy (non-hydrogen) atoms. The summed E-state index contributed by atoms with van der Waals surface area (Å²) in [6.07, 6.45) is -0.270. The molecule has 0 fully saturated rings. The molecule has 0 saturated carbocycles. The minimum absolute atomic E-state index is 0.